The van der Waals surface area contributed by atoms with Crippen LogP contribution in [0.4, 0.5) is 0 Å². The highest BCUT2D eigenvalue weighted by Crippen LogP contribution is 2.56. The highest BCUT2D eigenvalue weighted by molar-refractivity contribution is 5.86. The molecule has 13 aromatic rings. The Morgan fingerprint density at radius 1 is 0.163 bits per heavy atom. The van der Waals surface area contributed by atoms with Crippen molar-refractivity contribution in [3.63, 3.8) is 0 Å². The van der Waals surface area contributed by atoms with Gasteiger partial charge in [0, 0.05) is 45.2 Å². The molecule has 0 N–H and O–H groups in total. The van der Waals surface area contributed by atoms with E-state index in [2.05, 4.69) is 243 Å². The standard InChI is InChI=1S/C74H48N6/c1-5-19-47(20-6-1)57-27-13-15-29-59(57)49-33-37-53(38-34-49)71-75-69(51-23-9-3-10-24-51)77-73(79-71)55-41-43-63-65(45-55)67-61-31-17-18-32-62(61)68(63)66-46-56(42-44-64(66)67)74-78-70(52-25-11-4-12-26-52)76-72(80-74)54-39-35-50(36-40-54)60-30-16-14-28-58(60)48-21-7-2-8-22-48/h1-46,67-68H. The lowest BCUT2D eigenvalue weighted by atomic mass is 9.61. The Labute approximate surface area is 464 Å². The maximum Gasteiger partial charge on any atom is 0.164 e. The zero-order chi connectivity index (χ0) is 52.9. The van der Waals surface area contributed by atoms with Crippen LogP contribution in [0.1, 0.15) is 45.2 Å². The molecule has 16 rings (SSSR count). The number of hydrogen-bond donors (Lipinski definition) is 0. The summed E-state index contributed by atoms with van der Waals surface area (Å²) in [6.07, 6.45) is 0. The summed E-state index contributed by atoms with van der Waals surface area (Å²) in [6, 6.07) is 98.4. The molecule has 3 aliphatic carbocycles. The molecular formula is C74H48N6. The first kappa shape index (κ1) is 46.7. The van der Waals surface area contributed by atoms with Gasteiger partial charge in [-0.1, -0.05) is 267 Å². The van der Waals surface area contributed by atoms with Crippen LogP contribution in [-0.2, 0) is 0 Å². The SMILES string of the molecule is c1ccc(-c2nc(-c3ccc(-c4ccccc4-c4ccccc4)cc3)nc(-c3ccc4c(c3)C3c5ccccc5C4c4cc(-c5nc(-c6ccccc6)nc(-c6ccc(-c7ccccc7-c7ccccc7)cc6)n5)ccc43)n2)cc1. The molecule has 2 heterocycles. The van der Waals surface area contributed by atoms with Gasteiger partial charge in [0.1, 0.15) is 0 Å². The maximum absolute atomic E-state index is 5.26. The molecule has 0 fully saturated rings. The maximum atomic E-state index is 5.26. The van der Waals surface area contributed by atoms with Gasteiger partial charge in [-0.3, -0.25) is 0 Å². The van der Waals surface area contributed by atoms with E-state index >= 15 is 0 Å². The van der Waals surface area contributed by atoms with Crippen molar-refractivity contribution in [3.8, 4) is 113 Å². The summed E-state index contributed by atoms with van der Waals surface area (Å²) in [5, 5.41) is 0. The van der Waals surface area contributed by atoms with E-state index in [1.54, 1.807) is 0 Å². The quantitative estimate of drug-likeness (QED) is 0.136. The van der Waals surface area contributed by atoms with E-state index in [0.717, 1.165) is 44.5 Å². The van der Waals surface area contributed by atoms with Gasteiger partial charge in [0.05, 0.1) is 0 Å². The molecule has 80 heavy (non-hydrogen) atoms. The molecule has 11 aromatic carbocycles. The Balaban J connectivity index is 0.798. The minimum absolute atomic E-state index is 0.00394. The van der Waals surface area contributed by atoms with E-state index in [1.165, 1.54) is 66.8 Å². The van der Waals surface area contributed by atoms with Crippen LogP contribution in [0, 0.1) is 0 Å². The van der Waals surface area contributed by atoms with E-state index in [9.17, 15) is 0 Å². The second-order valence-electron chi connectivity index (χ2n) is 20.5. The van der Waals surface area contributed by atoms with Crippen molar-refractivity contribution >= 4 is 0 Å². The first-order valence-corrected chi connectivity index (χ1v) is 27.2. The normalized spacial score (nSPS) is 13.8. The summed E-state index contributed by atoms with van der Waals surface area (Å²) in [5.41, 5.74) is 22.7. The molecule has 0 radical (unpaired) electrons. The fraction of sp³-hybridized carbons (Fsp3) is 0.0270. The Morgan fingerprint density at radius 2 is 0.375 bits per heavy atom. The Hall–Kier alpha value is -10.6. The van der Waals surface area contributed by atoms with Gasteiger partial charge >= 0.3 is 0 Å². The van der Waals surface area contributed by atoms with Crippen LogP contribution in [0.5, 0.6) is 0 Å². The molecule has 2 aromatic heterocycles. The molecule has 0 aliphatic heterocycles. The lowest BCUT2D eigenvalue weighted by Gasteiger charge is -2.42. The van der Waals surface area contributed by atoms with Crippen LogP contribution < -0.4 is 0 Å². The van der Waals surface area contributed by atoms with Crippen molar-refractivity contribution in [1.29, 1.82) is 0 Å². The summed E-state index contributed by atoms with van der Waals surface area (Å²) in [4.78, 5) is 31.2. The van der Waals surface area contributed by atoms with E-state index < -0.39 is 0 Å². The van der Waals surface area contributed by atoms with Gasteiger partial charge in [-0.2, -0.15) is 0 Å². The predicted octanol–water partition coefficient (Wildman–Crippen LogP) is 17.7. The third kappa shape index (κ3) is 8.38. The van der Waals surface area contributed by atoms with E-state index in [0.29, 0.717) is 34.9 Å². The van der Waals surface area contributed by atoms with Gasteiger partial charge < -0.3 is 0 Å². The van der Waals surface area contributed by atoms with Crippen molar-refractivity contribution in [2.75, 3.05) is 0 Å². The molecule has 374 valence electrons. The molecule has 0 saturated carbocycles. The molecule has 2 unspecified atom stereocenters. The van der Waals surface area contributed by atoms with Gasteiger partial charge in [-0.25, -0.2) is 29.9 Å². The molecule has 2 atom stereocenters. The van der Waals surface area contributed by atoms with Crippen LogP contribution in [0.15, 0.2) is 279 Å². The fourth-order valence-corrected chi connectivity index (χ4v) is 12.0. The number of aromatic nitrogens is 6. The van der Waals surface area contributed by atoms with Crippen molar-refractivity contribution < 1.29 is 0 Å². The summed E-state index contributed by atoms with van der Waals surface area (Å²) in [5.74, 6) is 3.76. The summed E-state index contributed by atoms with van der Waals surface area (Å²) in [6.45, 7) is 0. The molecule has 0 saturated heterocycles. The Kier molecular flexibility index (Phi) is 11.6. The Bertz CT molecular complexity index is 4160. The minimum atomic E-state index is -0.00394. The van der Waals surface area contributed by atoms with E-state index in [-0.39, 0.29) is 11.8 Å². The van der Waals surface area contributed by atoms with Crippen LogP contribution in [0.25, 0.3) is 113 Å². The van der Waals surface area contributed by atoms with Crippen LogP contribution in [-0.4, -0.2) is 29.9 Å². The van der Waals surface area contributed by atoms with Crippen molar-refractivity contribution in [3.05, 3.63) is 312 Å². The lowest BCUT2D eigenvalue weighted by Crippen LogP contribution is -2.27. The highest BCUT2D eigenvalue weighted by Gasteiger charge is 2.41. The van der Waals surface area contributed by atoms with Crippen molar-refractivity contribution in [2.45, 2.75) is 11.8 Å². The summed E-state index contributed by atoms with van der Waals surface area (Å²) < 4.78 is 0. The smallest absolute Gasteiger partial charge is 0.164 e. The monoisotopic (exact) mass is 1020 g/mol. The summed E-state index contributed by atoms with van der Waals surface area (Å²) >= 11 is 0. The van der Waals surface area contributed by atoms with E-state index in [4.69, 9.17) is 29.9 Å². The van der Waals surface area contributed by atoms with Gasteiger partial charge in [-0.05, 0) is 90.0 Å². The molecule has 2 bridgehead atoms. The fourth-order valence-electron chi connectivity index (χ4n) is 12.0. The average molecular weight is 1020 g/mol. The number of hydrogen-bond acceptors (Lipinski definition) is 6. The number of rotatable bonds is 10. The van der Waals surface area contributed by atoms with Crippen LogP contribution in [0.2, 0.25) is 0 Å². The first-order valence-electron chi connectivity index (χ1n) is 27.2. The molecule has 0 amide bonds. The zero-order valence-electron chi connectivity index (χ0n) is 43.4. The number of nitrogens with zero attached hydrogens (tertiary/aromatic N) is 6. The second kappa shape index (κ2) is 19.8. The summed E-state index contributed by atoms with van der Waals surface area (Å²) in [7, 11) is 0. The first-order chi connectivity index (χ1) is 39.6. The Morgan fingerprint density at radius 3 is 0.700 bits per heavy atom. The van der Waals surface area contributed by atoms with Gasteiger partial charge in [0.2, 0.25) is 0 Å². The molecule has 6 heteroatoms. The average Bonchev–Trinajstić information content (AvgIpc) is 3.64. The van der Waals surface area contributed by atoms with Gasteiger partial charge in [0.15, 0.2) is 34.9 Å². The lowest BCUT2D eigenvalue weighted by molar-refractivity contribution is 0.754. The minimum Gasteiger partial charge on any atom is -0.208 e. The predicted molar refractivity (Wildman–Crippen MR) is 322 cm³/mol. The zero-order valence-corrected chi connectivity index (χ0v) is 43.4. The molecule has 0 spiro atoms. The molecule has 6 nitrogen and oxygen atoms in total. The second-order valence-corrected chi connectivity index (χ2v) is 20.5. The largest absolute Gasteiger partial charge is 0.208 e. The number of benzene rings is 11. The van der Waals surface area contributed by atoms with Crippen LogP contribution >= 0.6 is 0 Å². The molecule has 3 aliphatic rings. The topological polar surface area (TPSA) is 77.3 Å². The third-order valence-corrected chi connectivity index (χ3v) is 15.8. The molecular weight excluding hydrogens is 973 g/mol. The van der Waals surface area contributed by atoms with Crippen LogP contribution in [0.3, 0.4) is 0 Å². The third-order valence-electron chi connectivity index (χ3n) is 15.8. The van der Waals surface area contributed by atoms with Gasteiger partial charge in [-0.15, -0.1) is 0 Å². The highest BCUT2D eigenvalue weighted by atomic mass is 15.0. The van der Waals surface area contributed by atoms with Crippen molar-refractivity contribution in [1.82, 2.24) is 29.9 Å². The van der Waals surface area contributed by atoms with E-state index in [1.807, 2.05) is 36.4 Å². The van der Waals surface area contributed by atoms with Crippen molar-refractivity contribution in [2.24, 2.45) is 0 Å². The van der Waals surface area contributed by atoms with Gasteiger partial charge in [0.25, 0.3) is 0 Å².